The Morgan fingerprint density at radius 1 is 0.833 bits per heavy atom. The van der Waals surface area contributed by atoms with Gasteiger partial charge in [-0.2, -0.15) is 10.2 Å². The van der Waals surface area contributed by atoms with Crippen molar-refractivity contribution in [2.75, 3.05) is 0 Å². The van der Waals surface area contributed by atoms with Gasteiger partial charge in [0.1, 0.15) is 11.4 Å². The van der Waals surface area contributed by atoms with Crippen LogP contribution in [0.15, 0.2) is 21.8 Å². The molecule has 0 aromatic carbocycles. The number of nitrogens with one attached hydrogen (secondary N) is 2. The molecule has 0 atom stereocenters. The summed E-state index contributed by atoms with van der Waals surface area (Å²) in [5.74, 6) is 1.56. The van der Waals surface area contributed by atoms with E-state index < -0.39 is 0 Å². The third-order valence-electron chi connectivity index (χ3n) is 3.08. The molecule has 124 valence electrons. The summed E-state index contributed by atoms with van der Waals surface area (Å²) in [5.41, 5.74) is 5.25. The molecule has 0 radical (unpaired) electrons. The van der Waals surface area contributed by atoms with Crippen LogP contribution in [-0.2, 0) is 14.1 Å². The van der Waals surface area contributed by atoms with Crippen molar-refractivity contribution >= 4 is 47.1 Å². The van der Waals surface area contributed by atoms with Crippen molar-refractivity contribution < 1.29 is 0 Å². The van der Waals surface area contributed by atoms with Crippen LogP contribution < -0.4 is 0 Å². The first-order valence-electron chi connectivity index (χ1n) is 6.58. The second-order valence-electron chi connectivity index (χ2n) is 4.57. The summed E-state index contributed by atoms with van der Waals surface area (Å²) in [5, 5.41) is 17.4. The standard InChI is InChI=1S/2C6H6N4S2/c2*1-10-5(8-9-6(10)11)4-2-12-3-7-4/h2*2-3H,1H3,(H,9,11). The molecule has 0 aliphatic carbocycles. The van der Waals surface area contributed by atoms with Gasteiger partial charge in [0.2, 0.25) is 0 Å². The van der Waals surface area contributed by atoms with Crippen molar-refractivity contribution in [3.8, 4) is 23.0 Å². The SMILES string of the molecule is Cn1c(-c2cscn2)n[nH]c1=S.Cn1c(-c2cscn2)n[nH]c1=S. The minimum Gasteiger partial charge on any atom is -0.302 e. The minimum atomic E-state index is 0.609. The predicted molar refractivity (Wildman–Crippen MR) is 99.0 cm³/mol. The van der Waals surface area contributed by atoms with Crippen LogP contribution in [0, 0.1) is 9.54 Å². The highest BCUT2D eigenvalue weighted by Crippen LogP contribution is 2.15. The Kier molecular flexibility index (Phi) is 5.08. The Morgan fingerprint density at radius 3 is 1.50 bits per heavy atom. The van der Waals surface area contributed by atoms with Crippen molar-refractivity contribution in [2.45, 2.75) is 0 Å². The maximum absolute atomic E-state index is 4.97. The number of thiazole rings is 2. The highest BCUT2D eigenvalue weighted by molar-refractivity contribution is 7.71. The number of rotatable bonds is 2. The van der Waals surface area contributed by atoms with Crippen LogP contribution in [0.3, 0.4) is 0 Å². The number of aromatic nitrogens is 8. The molecule has 0 bridgehead atoms. The zero-order valence-corrected chi connectivity index (χ0v) is 15.9. The zero-order valence-electron chi connectivity index (χ0n) is 12.6. The van der Waals surface area contributed by atoms with E-state index in [0.29, 0.717) is 9.54 Å². The maximum Gasteiger partial charge on any atom is 0.195 e. The van der Waals surface area contributed by atoms with Crippen LogP contribution >= 0.6 is 47.1 Å². The Balaban J connectivity index is 0.000000141. The first-order chi connectivity index (χ1) is 11.6. The summed E-state index contributed by atoms with van der Waals surface area (Å²) in [7, 11) is 3.72. The van der Waals surface area contributed by atoms with Crippen molar-refractivity contribution in [3.63, 3.8) is 0 Å². The van der Waals surface area contributed by atoms with E-state index in [0.717, 1.165) is 23.0 Å². The molecular formula is C12H12N8S4. The maximum atomic E-state index is 4.97. The van der Waals surface area contributed by atoms with Crippen molar-refractivity contribution in [1.82, 2.24) is 39.5 Å². The third kappa shape index (κ3) is 3.40. The normalized spacial score (nSPS) is 10.4. The average Bonchev–Trinajstić information content (AvgIpc) is 3.34. The van der Waals surface area contributed by atoms with Crippen LogP contribution in [0.25, 0.3) is 23.0 Å². The van der Waals surface area contributed by atoms with E-state index in [1.165, 1.54) is 0 Å². The third-order valence-corrected chi connectivity index (χ3v) is 4.99. The van der Waals surface area contributed by atoms with Crippen LogP contribution in [0.5, 0.6) is 0 Å². The summed E-state index contributed by atoms with van der Waals surface area (Å²) in [6, 6.07) is 0. The molecule has 0 fully saturated rings. The van der Waals surface area contributed by atoms with Crippen LogP contribution in [-0.4, -0.2) is 39.5 Å². The quantitative estimate of drug-likeness (QED) is 0.506. The summed E-state index contributed by atoms with van der Waals surface area (Å²) in [4.78, 5) is 8.26. The topological polar surface area (TPSA) is 93.0 Å². The van der Waals surface area contributed by atoms with Gasteiger partial charge in [-0.1, -0.05) is 0 Å². The Labute approximate surface area is 154 Å². The fourth-order valence-electron chi connectivity index (χ4n) is 1.80. The van der Waals surface area contributed by atoms with Crippen LogP contribution in [0.2, 0.25) is 0 Å². The number of hydrogen-bond donors (Lipinski definition) is 2. The fourth-order valence-corrected chi connectivity index (χ4v) is 3.12. The van der Waals surface area contributed by atoms with Gasteiger partial charge in [-0.15, -0.1) is 22.7 Å². The summed E-state index contributed by atoms with van der Waals surface area (Å²) >= 11 is 13.0. The van der Waals surface area contributed by atoms with Gasteiger partial charge >= 0.3 is 0 Å². The molecule has 0 saturated carbocycles. The molecule has 4 heterocycles. The van der Waals surface area contributed by atoms with E-state index in [9.17, 15) is 0 Å². The second-order valence-corrected chi connectivity index (χ2v) is 6.78. The average molecular weight is 397 g/mol. The van der Waals surface area contributed by atoms with Gasteiger partial charge < -0.3 is 9.13 Å². The number of H-pyrrole nitrogens is 2. The van der Waals surface area contributed by atoms with Gasteiger partial charge in [0.15, 0.2) is 21.2 Å². The lowest BCUT2D eigenvalue weighted by molar-refractivity contribution is 0.898. The van der Waals surface area contributed by atoms with Crippen LogP contribution in [0.4, 0.5) is 0 Å². The summed E-state index contributed by atoms with van der Waals surface area (Å²) in [6.07, 6.45) is 0. The van der Waals surface area contributed by atoms with E-state index in [1.807, 2.05) is 24.9 Å². The Bertz CT molecular complexity index is 934. The molecule has 8 nitrogen and oxygen atoms in total. The first-order valence-corrected chi connectivity index (χ1v) is 9.28. The summed E-state index contributed by atoms with van der Waals surface area (Å²) in [6.45, 7) is 0. The Hall–Kier alpha value is -2.02. The molecular weight excluding hydrogens is 384 g/mol. The second kappa shape index (κ2) is 7.25. The van der Waals surface area contributed by atoms with E-state index in [-0.39, 0.29) is 0 Å². The molecule has 4 rings (SSSR count). The first kappa shape index (κ1) is 16.8. The largest absolute Gasteiger partial charge is 0.302 e. The minimum absolute atomic E-state index is 0.609. The van der Waals surface area contributed by atoms with Gasteiger partial charge in [0.05, 0.1) is 11.0 Å². The molecule has 0 spiro atoms. The molecule has 4 aromatic heterocycles. The molecule has 4 aromatic rings. The molecule has 12 heteroatoms. The molecule has 0 unspecified atom stereocenters. The van der Waals surface area contributed by atoms with Gasteiger partial charge in [0.25, 0.3) is 0 Å². The molecule has 0 aliphatic rings. The molecule has 24 heavy (non-hydrogen) atoms. The molecule has 0 saturated heterocycles. The Morgan fingerprint density at radius 2 is 1.25 bits per heavy atom. The smallest absolute Gasteiger partial charge is 0.195 e. The lowest BCUT2D eigenvalue weighted by atomic mass is 10.5. The number of nitrogens with zero attached hydrogens (tertiary/aromatic N) is 6. The molecule has 2 N–H and O–H groups in total. The van der Waals surface area contributed by atoms with Crippen molar-refractivity contribution in [3.05, 3.63) is 31.3 Å². The lowest BCUT2D eigenvalue weighted by Crippen LogP contribution is -1.91. The van der Waals surface area contributed by atoms with Gasteiger partial charge in [0, 0.05) is 24.9 Å². The molecule has 0 aliphatic heterocycles. The number of hydrogen-bond acceptors (Lipinski definition) is 8. The zero-order chi connectivity index (χ0) is 17.1. The van der Waals surface area contributed by atoms with Gasteiger partial charge in [-0.3, -0.25) is 10.2 Å². The summed E-state index contributed by atoms with van der Waals surface area (Å²) < 4.78 is 4.81. The number of aromatic amines is 2. The predicted octanol–water partition coefficient (Wildman–Crippen LogP) is 3.20. The highest BCUT2D eigenvalue weighted by atomic mass is 32.1. The van der Waals surface area contributed by atoms with E-state index in [4.69, 9.17) is 24.4 Å². The van der Waals surface area contributed by atoms with Crippen molar-refractivity contribution in [2.24, 2.45) is 14.1 Å². The lowest BCUT2D eigenvalue weighted by Gasteiger charge is -1.92. The highest BCUT2D eigenvalue weighted by Gasteiger charge is 2.06. The van der Waals surface area contributed by atoms with Gasteiger partial charge in [-0.05, 0) is 24.4 Å². The van der Waals surface area contributed by atoms with Gasteiger partial charge in [-0.25, -0.2) is 9.97 Å². The van der Waals surface area contributed by atoms with E-state index >= 15 is 0 Å². The fraction of sp³-hybridized carbons (Fsp3) is 0.167. The van der Waals surface area contributed by atoms with E-state index in [1.54, 1.807) is 42.8 Å². The van der Waals surface area contributed by atoms with Crippen molar-refractivity contribution in [1.29, 1.82) is 0 Å². The molecule has 0 amide bonds. The monoisotopic (exact) mass is 396 g/mol. The van der Waals surface area contributed by atoms with E-state index in [2.05, 4.69) is 30.4 Å². The van der Waals surface area contributed by atoms with Crippen LogP contribution in [0.1, 0.15) is 0 Å².